The normalized spacial score (nSPS) is 10.5. The Morgan fingerprint density at radius 1 is 0.429 bits per heavy atom. The first-order valence-corrected chi connectivity index (χ1v) is 12.9. The van der Waals surface area contributed by atoms with E-state index in [0.29, 0.717) is 0 Å². The van der Waals surface area contributed by atoms with Gasteiger partial charge in [-0.25, -0.2) is 0 Å². The molecule has 0 N–H and O–H groups in total. The van der Waals surface area contributed by atoms with E-state index < -0.39 is 0 Å². The van der Waals surface area contributed by atoms with Crippen LogP contribution in [0.25, 0.3) is 65.2 Å². The van der Waals surface area contributed by atoms with Gasteiger partial charge in [0.2, 0.25) is 0 Å². The standard InChI is InChI=1S/2C18H14N.2CH4.2Y/c2*1-12-7-9-16-15(11-12)18-14-6-4-3-5-13(14)8-10-17(18)19(16)2;;;;/h2*3-11H,1H2,2H3;2*1H4;;/q2*-1;;;;. The number of benzene rings is 6. The minimum atomic E-state index is 0. The van der Waals surface area contributed by atoms with Crippen LogP contribution in [0.3, 0.4) is 0 Å². The molecule has 0 aliphatic rings. The molecule has 4 heteroatoms. The van der Waals surface area contributed by atoms with Crippen molar-refractivity contribution in [2.45, 2.75) is 14.9 Å². The van der Waals surface area contributed by atoms with E-state index in [9.17, 15) is 0 Å². The Kier molecular flexibility index (Phi) is 10.8. The minimum absolute atomic E-state index is 0. The molecule has 0 saturated heterocycles. The number of rotatable bonds is 0. The Morgan fingerprint density at radius 2 is 0.786 bits per heavy atom. The van der Waals surface area contributed by atoms with Crippen molar-refractivity contribution in [3.05, 3.63) is 134 Å². The second-order valence-corrected chi connectivity index (χ2v) is 10.2. The summed E-state index contributed by atoms with van der Waals surface area (Å²) in [6, 6.07) is 38.8. The number of aromatic nitrogens is 2. The molecule has 8 aromatic rings. The second kappa shape index (κ2) is 13.4. The van der Waals surface area contributed by atoms with Crippen LogP contribution in [0.2, 0.25) is 0 Å². The molecule has 2 nitrogen and oxygen atoms in total. The smallest absolute Gasteiger partial charge is 0.0483 e. The number of nitrogens with zero attached hydrogens (tertiary/aromatic N) is 2. The molecule has 2 heterocycles. The Hall–Kier alpha value is -2.61. The molecule has 0 atom stereocenters. The van der Waals surface area contributed by atoms with E-state index in [-0.39, 0.29) is 80.3 Å². The maximum Gasteiger partial charge on any atom is 0.0483 e. The van der Waals surface area contributed by atoms with Crippen molar-refractivity contribution in [1.82, 2.24) is 9.13 Å². The monoisotopic (exact) mass is 698 g/mol. The van der Waals surface area contributed by atoms with Gasteiger partial charge in [0.15, 0.2) is 0 Å². The van der Waals surface area contributed by atoms with Crippen LogP contribution in [0.5, 0.6) is 0 Å². The summed E-state index contributed by atoms with van der Waals surface area (Å²) < 4.78 is 4.52. The summed E-state index contributed by atoms with van der Waals surface area (Å²) in [5, 5.41) is 10.5. The third-order valence-electron chi connectivity index (χ3n) is 7.92. The SMILES string of the molecule is C.C.[CH2-]c1ccc2c(c1)c1c3ccccc3ccc1n2C.[CH2-]c1ccc2c(c1)c1c3ccccc3ccc1n2C.[Y].[Y]. The predicted molar refractivity (Wildman–Crippen MR) is 178 cm³/mol. The van der Waals surface area contributed by atoms with Gasteiger partial charge in [0.05, 0.1) is 0 Å². The van der Waals surface area contributed by atoms with Crippen LogP contribution in [0, 0.1) is 13.8 Å². The third kappa shape index (κ3) is 5.44. The van der Waals surface area contributed by atoms with Crippen molar-refractivity contribution >= 4 is 65.2 Å². The summed E-state index contributed by atoms with van der Waals surface area (Å²) in [4.78, 5) is 0. The van der Waals surface area contributed by atoms with Gasteiger partial charge in [0.1, 0.15) is 0 Å². The molecule has 0 aliphatic carbocycles. The van der Waals surface area contributed by atoms with E-state index in [1.54, 1.807) is 0 Å². The molecular formula is C38H36N2Y2-2. The van der Waals surface area contributed by atoms with Crippen LogP contribution in [-0.2, 0) is 79.5 Å². The molecule has 0 fully saturated rings. The Labute approximate surface area is 299 Å². The van der Waals surface area contributed by atoms with Gasteiger partial charge >= 0.3 is 0 Å². The molecule has 6 aromatic carbocycles. The molecule has 0 amide bonds. The fraction of sp³-hybridized carbons (Fsp3) is 0.105. The van der Waals surface area contributed by atoms with Gasteiger partial charge < -0.3 is 9.13 Å². The molecule has 206 valence electrons. The number of hydrogen-bond donors (Lipinski definition) is 0. The molecule has 0 unspecified atom stereocenters. The predicted octanol–water partition coefficient (Wildman–Crippen LogP) is 10.6. The Morgan fingerprint density at radius 3 is 1.19 bits per heavy atom. The summed E-state index contributed by atoms with van der Waals surface area (Å²) in [5.41, 5.74) is 7.21. The quantitative estimate of drug-likeness (QED) is 0.140. The van der Waals surface area contributed by atoms with Crippen molar-refractivity contribution in [1.29, 1.82) is 0 Å². The van der Waals surface area contributed by atoms with E-state index in [4.69, 9.17) is 0 Å². The summed E-state index contributed by atoms with van der Waals surface area (Å²) in [7, 11) is 4.25. The average molecular weight is 699 g/mol. The van der Waals surface area contributed by atoms with Crippen LogP contribution in [-0.4, -0.2) is 9.13 Å². The topological polar surface area (TPSA) is 9.86 Å². The van der Waals surface area contributed by atoms with Gasteiger partial charge in [-0.2, -0.15) is 49.2 Å². The first-order chi connectivity index (χ1) is 18.5. The summed E-state index contributed by atoms with van der Waals surface area (Å²) in [6.07, 6.45) is 0. The van der Waals surface area contributed by atoms with Crippen LogP contribution in [0.1, 0.15) is 26.0 Å². The second-order valence-electron chi connectivity index (χ2n) is 10.2. The van der Waals surface area contributed by atoms with Crippen LogP contribution in [0.15, 0.2) is 109 Å². The molecule has 2 radical (unpaired) electrons. The van der Waals surface area contributed by atoms with E-state index in [1.165, 1.54) is 65.2 Å². The summed E-state index contributed by atoms with van der Waals surface area (Å²) in [5.74, 6) is 0. The van der Waals surface area contributed by atoms with Gasteiger partial charge in [-0.05, 0) is 44.5 Å². The Balaban J connectivity index is 0.000000210. The number of aryl methyl sites for hydroxylation is 2. The van der Waals surface area contributed by atoms with Crippen molar-refractivity contribution in [2.75, 3.05) is 0 Å². The van der Waals surface area contributed by atoms with Gasteiger partial charge in [-0.15, -0.1) is 0 Å². The first kappa shape index (κ1) is 33.9. The average Bonchev–Trinajstić information content (AvgIpc) is 3.39. The molecule has 8 rings (SSSR count). The zero-order chi connectivity index (χ0) is 26.0. The molecular weight excluding hydrogens is 662 g/mol. The maximum atomic E-state index is 4.06. The van der Waals surface area contributed by atoms with Crippen molar-refractivity contribution in [3.63, 3.8) is 0 Å². The molecule has 0 spiro atoms. The fourth-order valence-electron chi connectivity index (χ4n) is 6.06. The molecule has 42 heavy (non-hydrogen) atoms. The van der Waals surface area contributed by atoms with E-state index >= 15 is 0 Å². The van der Waals surface area contributed by atoms with E-state index in [0.717, 1.165) is 11.1 Å². The van der Waals surface area contributed by atoms with Crippen LogP contribution >= 0.6 is 0 Å². The van der Waals surface area contributed by atoms with Crippen LogP contribution < -0.4 is 0 Å². The maximum absolute atomic E-state index is 4.06. The van der Waals surface area contributed by atoms with Crippen molar-refractivity contribution in [3.8, 4) is 0 Å². The van der Waals surface area contributed by atoms with Crippen molar-refractivity contribution in [2.24, 2.45) is 14.1 Å². The van der Waals surface area contributed by atoms with Gasteiger partial charge in [-0.1, -0.05) is 87.6 Å². The summed E-state index contributed by atoms with van der Waals surface area (Å²) >= 11 is 0. The molecule has 0 saturated carbocycles. The minimum Gasteiger partial charge on any atom is -0.345 e. The fourth-order valence-corrected chi connectivity index (χ4v) is 6.06. The van der Waals surface area contributed by atoms with Crippen LogP contribution in [0.4, 0.5) is 0 Å². The van der Waals surface area contributed by atoms with Crippen molar-refractivity contribution < 1.29 is 65.4 Å². The largest absolute Gasteiger partial charge is 0.345 e. The van der Waals surface area contributed by atoms with Gasteiger partial charge in [-0.3, -0.25) is 0 Å². The third-order valence-corrected chi connectivity index (χ3v) is 7.92. The zero-order valence-corrected chi connectivity index (χ0v) is 28.5. The number of hydrogen-bond acceptors (Lipinski definition) is 0. The van der Waals surface area contributed by atoms with E-state index in [2.05, 4.69) is 146 Å². The molecule has 2 aromatic heterocycles. The zero-order valence-electron chi connectivity index (χ0n) is 22.9. The summed E-state index contributed by atoms with van der Waals surface area (Å²) in [6.45, 7) is 8.12. The van der Waals surface area contributed by atoms with E-state index in [1.807, 2.05) is 0 Å². The molecule has 0 aliphatic heterocycles. The molecule has 0 bridgehead atoms. The van der Waals surface area contributed by atoms with Gasteiger partial charge in [0.25, 0.3) is 0 Å². The Bertz CT molecular complexity index is 2030. The number of fused-ring (bicyclic) bond motifs is 10. The van der Waals surface area contributed by atoms with Gasteiger partial charge in [0, 0.05) is 112 Å². The first-order valence-electron chi connectivity index (χ1n) is 12.9.